The Morgan fingerprint density at radius 2 is 2.09 bits per heavy atom. The largest absolute Gasteiger partial charge is 0.239 e. The van der Waals surface area contributed by atoms with Gasteiger partial charge >= 0.3 is 0 Å². The second-order valence-corrected chi connectivity index (χ2v) is 4.18. The molecule has 0 atom stereocenters. The zero-order chi connectivity index (χ0) is 8.27. The molecule has 0 aliphatic carbocycles. The van der Waals surface area contributed by atoms with Gasteiger partial charge in [-0.15, -0.1) is 0 Å². The summed E-state index contributed by atoms with van der Waals surface area (Å²) in [6, 6.07) is 0. The van der Waals surface area contributed by atoms with E-state index in [9.17, 15) is 0 Å². The molecule has 1 heterocycles. The SMILES string of the molecule is CS(C)=Nc1cnc(Cl)cn1. The fourth-order valence-corrected chi connectivity index (χ4v) is 1.11. The lowest BCUT2D eigenvalue weighted by atomic mass is 10.7. The van der Waals surface area contributed by atoms with Crippen LogP contribution in [0.5, 0.6) is 0 Å². The Balaban J connectivity index is 2.91. The average Bonchev–Trinajstić information content (AvgIpc) is 1.93. The van der Waals surface area contributed by atoms with Crippen LogP contribution in [0.2, 0.25) is 5.15 Å². The molecule has 0 aliphatic heterocycles. The molecule has 0 spiro atoms. The Hall–Kier alpha value is -0.480. The first-order valence-corrected chi connectivity index (χ1v) is 5.33. The van der Waals surface area contributed by atoms with Gasteiger partial charge in [0.25, 0.3) is 0 Å². The predicted octanol–water partition coefficient (Wildman–Crippen LogP) is 1.82. The highest BCUT2D eigenvalue weighted by Crippen LogP contribution is 2.08. The summed E-state index contributed by atoms with van der Waals surface area (Å²) in [6.07, 6.45) is 7.08. The molecule has 0 N–H and O–H groups in total. The van der Waals surface area contributed by atoms with E-state index in [0.29, 0.717) is 11.0 Å². The lowest BCUT2D eigenvalue weighted by Gasteiger charge is -1.92. The molecular weight excluding hydrogens is 182 g/mol. The molecule has 1 rings (SSSR count). The first-order chi connectivity index (χ1) is 5.18. The van der Waals surface area contributed by atoms with Gasteiger partial charge in [0.2, 0.25) is 0 Å². The third-order valence-electron chi connectivity index (χ3n) is 0.883. The van der Waals surface area contributed by atoms with Crippen LogP contribution in [0, 0.1) is 0 Å². The topological polar surface area (TPSA) is 38.1 Å². The average molecular weight is 190 g/mol. The third kappa shape index (κ3) is 2.95. The first-order valence-electron chi connectivity index (χ1n) is 2.95. The fraction of sp³-hybridized carbons (Fsp3) is 0.333. The van der Waals surface area contributed by atoms with Crippen molar-refractivity contribution in [1.82, 2.24) is 9.97 Å². The molecule has 0 aliphatic rings. The molecule has 11 heavy (non-hydrogen) atoms. The fourth-order valence-electron chi connectivity index (χ4n) is 0.540. The summed E-state index contributed by atoms with van der Waals surface area (Å²) in [5.74, 6) is 0.641. The molecule has 60 valence electrons. The summed E-state index contributed by atoms with van der Waals surface area (Å²) in [5, 5.41) is 0.399. The van der Waals surface area contributed by atoms with Crippen LogP contribution >= 0.6 is 11.6 Å². The van der Waals surface area contributed by atoms with Crippen molar-refractivity contribution in [1.29, 1.82) is 0 Å². The van der Waals surface area contributed by atoms with Gasteiger partial charge in [-0.05, 0) is 12.5 Å². The van der Waals surface area contributed by atoms with Crippen molar-refractivity contribution >= 4 is 28.1 Å². The minimum Gasteiger partial charge on any atom is -0.239 e. The van der Waals surface area contributed by atoms with Gasteiger partial charge in [-0.25, -0.2) is 14.3 Å². The van der Waals surface area contributed by atoms with E-state index in [1.54, 1.807) is 6.20 Å². The smallest absolute Gasteiger partial charge is 0.177 e. The minimum atomic E-state index is 0.00626. The number of hydrogen-bond acceptors (Lipinski definition) is 3. The van der Waals surface area contributed by atoms with Crippen LogP contribution in [-0.2, 0) is 10.7 Å². The van der Waals surface area contributed by atoms with Crippen molar-refractivity contribution < 1.29 is 0 Å². The zero-order valence-electron chi connectivity index (χ0n) is 6.28. The molecule has 0 radical (unpaired) electrons. The van der Waals surface area contributed by atoms with Gasteiger partial charge in [0.15, 0.2) is 5.82 Å². The molecule has 1 aromatic heterocycles. The van der Waals surface area contributed by atoms with Crippen LogP contribution in [0.3, 0.4) is 0 Å². The Kier molecular flexibility index (Phi) is 2.96. The van der Waals surface area contributed by atoms with E-state index in [1.165, 1.54) is 6.20 Å². The molecule has 0 saturated carbocycles. The van der Waals surface area contributed by atoms with Gasteiger partial charge in [0, 0.05) is 0 Å². The highest BCUT2D eigenvalue weighted by molar-refractivity contribution is 7.85. The maximum atomic E-state index is 5.54. The van der Waals surface area contributed by atoms with Crippen molar-refractivity contribution in [3.63, 3.8) is 0 Å². The predicted molar refractivity (Wildman–Crippen MR) is 48.3 cm³/mol. The number of rotatable bonds is 1. The first kappa shape index (κ1) is 8.62. The molecular formula is C6H8ClN3S. The second kappa shape index (κ2) is 3.78. The summed E-state index contributed by atoms with van der Waals surface area (Å²) in [4.78, 5) is 7.81. The van der Waals surface area contributed by atoms with Crippen LogP contribution in [-0.4, -0.2) is 22.5 Å². The quantitative estimate of drug-likeness (QED) is 0.676. The van der Waals surface area contributed by atoms with Gasteiger partial charge in [-0.2, -0.15) is 0 Å². The maximum Gasteiger partial charge on any atom is 0.177 e. The van der Waals surface area contributed by atoms with E-state index < -0.39 is 0 Å². The molecule has 0 fully saturated rings. The monoisotopic (exact) mass is 189 g/mol. The van der Waals surface area contributed by atoms with Crippen LogP contribution in [0.25, 0.3) is 0 Å². The Morgan fingerprint density at radius 1 is 1.36 bits per heavy atom. The number of nitrogens with zero attached hydrogens (tertiary/aromatic N) is 3. The highest BCUT2D eigenvalue weighted by atomic mass is 35.5. The Labute approximate surface area is 72.9 Å². The standard InChI is InChI=1S/C6H8ClN3S/c1-11(2)10-6-4-8-5(7)3-9-6/h3-4H,1-2H3. The summed E-state index contributed by atoms with van der Waals surface area (Å²) in [6.45, 7) is 0. The maximum absolute atomic E-state index is 5.54. The Morgan fingerprint density at radius 3 is 2.55 bits per heavy atom. The van der Waals surface area contributed by atoms with E-state index in [4.69, 9.17) is 11.6 Å². The van der Waals surface area contributed by atoms with Gasteiger partial charge in [-0.1, -0.05) is 22.3 Å². The normalized spacial score (nSPS) is 10.2. The van der Waals surface area contributed by atoms with Crippen LogP contribution in [0.4, 0.5) is 5.82 Å². The zero-order valence-corrected chi connectivity index (χ0v) is 7.85. The van der Waals surface area contributed by atoms with Crippen LogP contribution in [0.15, 0.2) is 16.8 Å². The van der Waals surface area contributed by atoms with Gasteiger partial charge in [-0.3, -0.25) is 0 Å². The van der Waals surface area contributed by atoms with Crippen molar-refractivity contribution in [2.75, 3.05) is 12.5 Å². The van der Waals surface area contributed by atoms with Gasteiger partial charge in [0.1, 0.15) is 5.15 Å². The molecule has 3 nitrogen and oxygen atoms in total. The number of halogens is 1. The third-order valence-corrected chi connectivity index (χ3v) is 1.63. The van der Waals surface area contributed by atoms with Gasteiger partial charge < -0.3 is 0 Å². The van der Waals surface area contributed by atoms with E-state index in [1.807, 2.05) is 12.5 Å². The van der Waals surface area contributed by atoms with E-state index in [-0.39, 0.29) is 10.7 Å². The molecule has 1 aromatic rings. The van der Waals surface area contributed by atoms with E-state index in [0.717, 1.165) is 0 Å². The second-order valence-electron chi connectivity index (χ2n) is 2.06. The molecule has 0 saturated heterocycles. The molecule has 0 aromatic carbocycles. The molecule has 0 amide bonds. The summed E-state index contributed by atoms with van der Waals surface area (Å²) in [7, 11) is 0.00626. The summed E-state index contributed by atoms with van der Waals surface area (Å²) >= 11 is 5.54. The van der Waals surface area contributed by atoms with Crippen molar-refractivity contribution in [2.45, 2.75) is 0 Å². The van der Waals surface area contributed by atoms with Gasteiger partial charge in [0.05, 0.1) is 12.4 Å². The molecule has 5 heteroatoms. The summed E-state index contributed by atoms with van der Waals surface area (Å²) < 4.78 is 4.20. The van der Waals surface area contributed by atoms with E-state index >= 15 is 0 Å². The van der Waals surface area contributed by atoms with Crippen molar-refractivity contribution in [3.8, 4) is 0 Å². The lowest BCUT2D eigenvalue weighted by molar-refractivity contribution is 1.18. The molecule has 0 bridgehead atoms. The molecule has 0 unspecified atom stereocenters. The van der Waals surface area contributed by atoms with Crippen molar-refractivity contribution in [2.24, 2.45) is 4.36 Å². The summed E-state index contributed by atoms with van der Waals surface area (Å²) in [5.41, 5.74) is 0. The van der Waals surface area contributed by atoms with E-state index in [2.05, 4.69) is 14.3 Å². The Bertz CT molecular complexity index is 266. The van der Waals surface area contributed by atoms with Crippen LogP contribution < -0.4 is 0 Å². The highest BCUT2D eigenvalue weighted by Gasteiger charge is 1.90. The number of hydrogen-bond donors (Lipinski definition) is 0. The lowest BCUT2D eigenvalue weighted by Crippen LogP contribution is -1.81. The van der Waals surface area contributed by atoms with Crippen molar-refractivity contribution in [3.05, 3.63) is 17.5 Å². The van der Waals surface area contributed by atoms with Crippen LogP contribution in [0.1, 0.15) is 0 Å². The number of aromatic nitrogens is 2. The minimum absolute atomic E-state index is 0.00626.